The lowest BCUT2D eigenvalue weighted by atomic mass is 10.1. The zero-order valence-electron chi connectivity index (χ0n) is 12.5. The van der Waals surface area contributed by atoms with Crippen LogP contribution >= 0.6 is 23.6 Å². The Morgan fingerprint density at radius 3 is 3.04 bits per heavy atom. The Bertz CT molecular complexity index is 930. The second-order valence-electron chi connectivity index (χ2n) is 5.02. The largest absolute Gasteiger partial charge is 0.497 e. The molecule has 118 valence electrons. The number of hydrogen-bond donors (Lipinski definition) is 1. The highest BCUT2D eigenvalue weighted by Crippen LogP contribution is 2.32. The summed E-state index contributed by atoms with van der Waals surface area (Å²) in [7, 11) is 1.62. The van der Waals surface area contributed by atoms with Crippen LogP contribution in [-0.4, -0.2) is 21.6 Å². The van der Waals surface area contributed by atoms with E-state index in [1.54, 1.807) is 18.0 Å². The predicted octanol–water partition coefficient (Wildman–Crippen LogP) is 2.81. The van der Waals surface area contributed by atoms with E-state index in [4.69, 9.17) is 22.7 Å². The van der Waals surface area contributed by atoms with Crippen molar-refractivity contribution < 1.29 is 4.74 Å². The fourth-order valence-corrected chi connectivity index (χ4v) is 3.36. The Kier molecular flexibility index (Phi) is 4.40. The molecule has 0 saturated carbocycles. The molecule has 1 aromatic carbocycles. The maximum Gasteiger partial charge on any atom is 0.262 e. The van der Waals surface area contributed by atoms with Gasteiger partial charge < -0.3 is 10.5 Å². The second-order valence-corrected chi connectivity index (χ2v) is 6.40. The number of methoxy groups -OCH3 is 1. The Morgan fingerprint density at radius 1 is 1.48 bits per heavy atom. The number of thiocarbonyl (C=S) groups is 1. The van der Waals surface area contributed by atoms with Crippen LogP contribution in [0.4, 0.5) is 0 Å². The maximum absolute atomic E-state index is 12.8. The molecule has 23 heavy (non-hydrogen) atoms. The van der Waals surface area contributed by atoms with Crippen LogP contribution in [-0.2, 0) is 6.54 Å². The topological polar surface area (TPSA) is 70.1 Å². The average Bonchev–Trinajstić information content (AvgIpc) is 2.99. The molecule has 0 aliphatic heterocycles. The number of benzene rings is 1. The molecule has 0 fully saturated rings. The molecule has 2 aromatic heterocycles. The van der Waals surface area contributed by atoms with Crippen molar-refractivity contribution in [1.29, 1.82) is 0 Å². The maximum atomic E-state index is 12.8. The normalized spacial score (nSPS) is 10.8. The van der Waals surface area contributed by atoms with Gasteiger partial charge in [-0.3, -0.25) is 9.36 Å². The molecule has 2 heterocycles. The van der Waals surface area contributed by atoms with E-state index in [0.29, 0.717) is 23.3 Å². The van der Waals surface area contributed by atoms with Gasteiger partial charge in [0.15, 0.2) is 0 Å². The van der Waals surface area contributed by atoms with Gasteiger partial charge in [-0.1, -0.05) is 24.4 Å². The van der Waals surface area contributed by atoms with Gasteiger partial charge in [-0.2, -0.15) is 0 Å². The van der Waals surface area contributed by atoms with Crippen molar-refractivity contribution in [3.8, 4) is 16.9 Å². The van der Waals surface area contributed by atoms with Crippen LogP contribution in [0.2, 0.25) is 0 Å². The summed E-state index contributed by atoms with van der Waals surface area (Å²) in [6.45, 7) is 0.435. The second kappa shape index (κ2) is 6.47. The molecular weight excluding hydrogens is 330 g/mol. The number of fused-ring (bicyclic) bond motifs is 1. The van der Waals surface area contributed by atoms with E-state index in [0.717, 1.165) is 21.7 Å². The Labute approximate surface area is 142 Å². The highest BCUT2D eigenvalue weighted by atomic mass is 32.1. The average molecular weight is 345 g/mol. The van der Waals surface area contributed by atoms with Gasteiger partial charge in [0, 0.05) is 23.9 Å². The number of hydrogen-bond acceptors (Lipinski definition) is 5. The summed E-state index contributed by atoms with van der Waals surface area (Å²) in [6, 6.07) is 7.64. The predicted molar refractivity (Wildman–Crippen MR) is 97.3 cm³/mol. The highest BCUT2D eigenvalue weighted by molar-refractivity contribution is 7.80. The molecule has 2 N–H and O–H groups in total. The summed E-state index contributed by atoms with van der Waals surface area (Å²) in [5, 5.41) is 2.57. The van der Waals surface area contributed by atoms with Crippen LogP contribution in [0, 0.1) is 0 Å². The fraction of sp³-hybridized carbons (Fsp3) is 0.188. The van der Waals surface area contributed by atoms with Crippen LogP contribution < -0.4 is 16.0 Å². The van der Waals surface area contributed by atoms with Crippen molar-refractivity contribution in [2.45, 2.75) is 13.0 Å². The van der Waals surface area contributed by atoms with E-state index in [2.05, 4.69) is 4.98 Å². The SMILES string of the molecule is COc1cccc(-c2csc3ncn(CCC(N)=S)c(=O)c23)c1. The van der Waals surface area contributed by atoms with Crippen molar-refractivity contribution in [1.82, 2.24) is 9.55 Å². The quantitative estimate of drug-likeness (QED) is 0.720. The van der Waals surface area contributed by atoms with Gasteiger partial charge in [0.2, 0.25) is 0 Å². The van der Waals surface area contributed by atoms with Crippen molar-refractivity contribution >= 4 is 38.8 Å². The molecular formula is C16H15N3O2S2. The van der Waals surface area contributed by atoms with Gasteiger partial charge in [-0.15, -0.1) is 11.3 Å². The standard InChI is InChI=1S/C16H15N3O2S2/c1-21-11-4-2-3-10(7-11)12-8-23-15-14(12)16(20)19(9-18-15)6-5-13(17)22/h2-4,7-9H,5-6H2,1H3,(H2,17,22). The molecule has 0 aliphatic rings. The first-order valence-corrected chi connectivity index (χ1v) is 8.28. The van der Waals surface area contributed by atoms with Crippen LogP contribution in [0.25, 0.3) is 21.3 Å². The lowest BCUT2D eigenvalue weighted by molar-refractivity contribution is 0.415. The van der Waals surface area contributed by atoms with Crippen molar-refractivity contribution in [2.24, 2.45) is 5.73 Å². The molecule has 0 bridgehead atoms. The number of aromatic nitrogens is 2. The summed E-state index contributed by atoms with van der Waals surface area (Å²) >= 11 is 6.33. The Hall–Kier alpha value is -2.25. The minimum atomic E-state index is -0.0784. The number of ether oxygens (including phenoxy) is 1. The number of rotatable bonds is 5. The highest BCUT2D eigenvalue weighted by Gasteiger charge is 2.13. The summed E-state index contributed by atoms with van der Waals surface area (Å²) < 4.78 is 6.81. The van der Waals surface area contributed by atoms with Gasteiger partial charge in [-0.25, -0.2) is 4.98 Å². The van der Waals surface area contributed by atoms with Crippen LogP contribution in [0.1, 0.15) is 6.42 Å². The molecule has 5 nitrogen and oxygen atoms in total. The van der Waals surface area contributed by atoms with Gasteiger partial charge in [0.25, 0.3) is 5.56 Å². The molecule has 0 spiro atoms. The number of nitrogens with two attached hydrogens (primary N) is 1. The van der Waals surface area contributed by atoms with Crippen LogP contribution in [0.15, 0.2) is 40.8 Å². The lowest BCUT2D eigenvalue weighted by Gasteiger charge is -2.06. The Balaban J connectivity index is 2.13. The number of aryl methyl sites for hydroxylation is 1. The van der Waals surface area contributed by atoms with Gasteiger partial charge in [0.1, 0.15) is 10.6 Å². The van der Waals surface area contributed by atoms with Gasteiger partial charge in [-0.05, 0) is 17.7 Å². The smallest absolute Gasteiger partial charge is 0.262 e. The van der Waals surface area contributed by atoms with Crippen molar-refractivity contribution in [3.05, 3.63) is 46.3 Å². The first-order valence-electron chi connectivity index (χ1n) is 6.99. The van der Waals surface area contributed by atoms with E-state index in [-0.39, 0.29) is 5.56 Å². The van der Waals surface area contributed by atoms with E-state index < -0.39 is 0 Å². The lowest BCUT2D eigenvalue weighted by Crippen LogP contribution is -2.23. The van der Waals surface area contributed by atoms with Crippen LogP contribution in [0.3, 0.4) is 0 Å². The van der Waals surface area contributed by atoms with Crippen LogP contribution in [0.5, 0.6) is 5.75 Å². The molecule has 0 atom stereocenters. The van der Waals surface area contributed by atoms with Crippen molar-refractivity contribution in [3.63, 3.8) is 0 Å². The zero-order chi connectivity index (χ0) is 16.4. The molecule has 0 radical (unpaired) electrons. The van der Waals surface area contributed by atoms with Gasteiger partial charge in [0.05, 0.1) is 23.8 Å². The molecule has 7 heteroatoms. The first-order chi connectivity index (χ1) is 11.1. The minimum absolute atomic E-state index is 0.0784. The molecule has 0 aliphatic carbocycles. The molecule has 3 aromatic rings. The van der Waals surface area contributed by atoms with E-state index >= 15 is 0 Å². The fourth-order valence-electron chi connectivity index (χ4n) is 2.36. The molecule has 3 rings (SSSR count). The summed E-state index contributed by atoms with van der Waals surface area (Å²) in [5.41, 5.74) is 7.24. The monoisotopic (exact) mass is 345 g/mol. The van der Waals surface area contributed by atoms with E-state index in [1.165, 1.54) is 11.3 Å². The molecule has 0 saturated heterocycles. The summed E-state index contributed by atoms with van der Waals surface area (Å²) in [4.78, 5) is 18.2. The molecule has 0 amide bonds. The third-order valence-corrected chi connectivity index (χ3v) is 4.63. The summed E-state index contributed by atoms with van der Waals surface area (Å²) in [6.07, 6.45) is 2.02. The zero-order valence-corrected chi connectivity index (χ0v) is 14.1. The molecule has 0 unspecified atom stereocenters. The number of thiophene rings is 1. The summed E-state index contributed by atoms with van der Waals surface area (Å²) in [5.74, 6) is 0.750. The van der Waals surface area contributed by atoms with E-state index in [1.807, 2.05) is 29.6 Å². The van der Waals surface area contributed by atoms with Crippen molar-refractivity contribution in [2.75, 3.05) is 7.11 Å². The third-order valence-electron chi connectivity index (χ3n) is 3.54. The van der Waals surface area contributed by atoms with E-state index in [9.17, 15) is 4.79 Å². The minimum Gasteiger partial charge on any atom is -0.497 e. The first kappa shape index (κ1) is 15.6. The Morgan fingerprint density at radius 2 is 2.30 bits per heavy atom. The van der Waals surface area contributed by atoms with Gasteiger partial charge >= 0.3 is 0 Å². The third kappa shape index (κ3) is 3.11. The number of nitrogens with zero attached hydrogens (tertiary/aromatic N) is 2.